The summed E-state index contributed by atoms with van der Waals surface area (Å²) in [5.41, 5.74) is 2.82. The lowest BCUT2D eigenvalue weighted by Gasteiger charge is -2.27. The molecule has 0 saturated carbocycles. The highest BCUT2D eigenvalue weighted by atomic mass is 19.1. The third-order valence-electron chi connectivity index (χ3n) is 5.35. The van der Waals surface area contributed by atoms with Crippen LogP contribution in [-0.4, -0.2) is 38.6 Å². The van der Waals surface area contributed by atoms with Crippen LogP contribution in [0.4, 0.5) is 10.2 Å². The van der Waals surface area contributed by atoms with Crippen molar-refractivity contribution in [2.45, 2.75) is 31.7 Å². The summed E-state index contributed by atoms with van der Waals surface area (Å²) in [4.78, 5) is 23.8. The van der Waals surface area contributed by atoms with Gasteiger partial charge in [0.1, 0.15) is 17.2 Å². The number of hydrogen-bond donors (Lipinski definition) is 1. The smallest absolute Gasteiger partial charge is 0.256 e. The Morgan fingerprint density at radius 1 is 1.26 bits per heavy atom. The molecular formula is C19H19FN6O. The van der Waals surface area contributed by atoms with Gasteiger partial charge < -0.3 is 10.2 Å². The van der Waals surface area contributed by atoms with Crippen molar-refractivity contribution in [3.63, 3.8) is 0 Å². The molecule has 2 aliphatic rings. The molecule has 0 unspecified atom stereocenters. The van der Waals surface area contributed by atoms with E-state index in [0.29, 0.717) is 24.2 Å². The van der Waals surface area contributed by atoms with Gasteiger partial charge in [-0.05, 0) is 43.4 Å². The zero-order chi connectivity index (χ0) is 18.4. The second-order valence-electron chi connectivity index (χ2n) is 7.01. The Bertz CT molecular complexity index is 1030. The molecular weight excluding hydrogens is 347 g/mol. The molecule has 1 saturated heterocycles. The zero-order valence-electron chi connectivity index (χ0n) is 14.7. The number of rotatable bonds is 0. The lowest BCUT2D eigenvalue weighted by atomic mass is 10.00. The number of hydrogen-bond acceptors (Lipinski definition) is 5. The Morgan fingerprint density at radius 3 is 3.11 bits per heavy atom. The molecule has 0 radical (unpaired) electrons. The van der Waals surface area contributed by atoms with Crippen molar-refractivity contribution < 1.29 is 9.18 Å². The number of halogens is 1. The number of carbonyl (C=O) groups is 1. The molecule has 5 heterocycles. The molecule has 1 amide bonds. The van der Waals surface area contributed by atoms with E-state index in [1.54, 1.807) is 16.8 Å². The van der Waals surface area contributed by atoms with Crippen LogP contribution in [0.1, 0.15) is 46.9 Å². The van der Waals surface area contributed by atoms with Gasteiger partial charge in [-0.3, -0.25) is 9.78 Å². The molecule has 0 aliphatic carbocycles. The van der Waals surface area contributed by atoms with Crippen molar-refractivity contribution in [2.24, 2.45) is 0 Å². The van der Waals surface area contributed by atoms with Crippen LogP contribution in [-0.2, 0) is 6.42 Å². The van der Waals surface area contributed by atoms with E-state index in [0.717, 1.165) is 42.9 Å². The van der Waals surface area contributed by atoms with Crippen LogP contribution >= 0.6 is 0 Å². The van der Waals surface area contributed by atoms with Gasteiger partial charge in [0.05, 0.1) is 18.4 Å². The first-order valence-corrected chi connectivity index (χ1v) is 9.24. The largest absolute Gasteiger partial charge is 0.352 e. The first-order valence-electron chi connectivity index (χ1n) is 9.24. The third-order valence-corrected chi connectivity index (χ3v) is 5.35. The van der Waals surface area contributed by atoms with Crippen LogP contribution in [0.5, 0.6) is 0 Å². The van der Waals surface area contributed by atoms with Gasteiger partial charge in [0, 0.05) is 25.0 Å². The van der Waals surface area contributed by atoms with Crippen LogP contribution in [0.2, 0.25) is 0 Å². The zero-order valence-corrected chi connectivity index (χ0v) is 14.7. The fraction of sp³-hybridized carbons (Fsp3) is 0.368. The van der Waals surface area contributed by atoms with E-state index in [-0.39, 0.29) is 17.8 Å². The molecule has 27 heavy (non-hydrogen) atoms. The fourth-order valence-corrected chi connectivity index (χ4v) is 4.08. The third kappa shape index (κ3) is 2.72. The summed E-state index contributed by atoms with van der Waals surface area (Å²) in [6.07, 6.45) is 7.99. The topological polar surface area (TPSA) is 75.4 Å². The Morgan fingerprint density at radius 2 is 2.19 bits per heavy atom. The maximum atomic E-state index is 14.0. The van der Waals surface area contributed by atoms with Crippen molar-refractivity contribution in [3.8, 4) is 0 Å². The number of aryl methyl sites for hydroxylation is 1. The van der Waals surface area contributed by atoms with Crippen molar-refractivity contribution in [2.75, 3.05) is 18.0 Å². The second-order valence-corrected chi connectivity index (χ2v) is 7.01. The number of carbonyl (C=O) groups excluding carboxylic acids is 1. The van der Waals surface area contributed by atoms with E-state index in [4.69, 9.17) is 4.98 Å². The molecule has 2 bridgehead atoms. The van der Waals surface area contributed by atoms with Crippen LogP contribution < -0.4 is 10.2 Å². The predicted molar refractivity (Wildman–Crippen MR) is 97.2 cm³/mol. The summed E-state index contributed by atoms with van der Waals surface area (Å²) in [5.74, 6) is 0.271. The molecule has 0 spiro atoms. The summed E-state index contributed by atoms with van der Waals surface area (Å²) >= 11 is 0. The van der Waals surface area contributed by atoms with Crippen molar-refractivity contribution in [1.29, 1.82) is 0 Å². The van der Waals surface area contributed by atoms with Gasteiger partial charge in [0.2, 0.25) is 0 Å². The van der Waals surface area contributed by atoms with Crippen LogP contribution in [0.3, 0.4) is 0 Å². The SMILES string of the molecule is O=C1NCCCc2ncc(F)cc2[C@H]2CCCN2c2ccn3ncc1c3n2. The average Bonchev–Trinajstić information content (AvgIpc) is 3.31. The minimum absolute atomic E-state index is 0.0361. The van der Waals surface area contributed by atoms with Crippen molar-refractivity contribution >= 4 is 17.4 Å². The number of fused-ring (bicyclic) bond motifs is 5. The number of nitrogens with zero attached hydrogens (tertiary/aromatic N) is 5. The monoisotopic (exact) mass is 366 g/mol. The Hall–Kier alpha value is -3.03. The summed E-state index contributed by atoms with van der Waals surface area (Å²) in [7, 11) is 0. The van der Waals surface area contributed by atoms with E-state index in [1.165, 1.54) is 6.20 Å². The number of pyridine rings is 1. The highest BCUT2D eigenvalue weighted by Crippen LogP contribution is 2.37. The fourth-order valence-electron chi connectivity index (χ4n) is 4.08. The number of aromatic nitrogens is 4. The quantitative estimate of drug-likeness (QED) is 0.661. The maximum Gasteiger partial charge on any atom is 0.256 e. The van der Waals surface area contributed by atoms with Crippen molar-refractivity contribution in [1.82, 2.24) is 24.9 Å². The summed E-state index contributed by atoms with van der Waals surface area (Å²) in [6, 6.07) is 3.53. The summed E-state index contributed by atoms with van der Waals surface area (Å²) in [6.45, 7) is 1.35. The normalized spacial score (nSPS) is 19.8. The van der Waals surface area contributed by atoms with Gasteiger partial charge >= 0.3 is 0 Å². The van der Waals surface area contributed by atoms with Gasteiger partial charge in [-0.2, -0.15) is 5.10 Å². The van der Waals surface area contributed by atoms with Gasteiger partial charge in [0.15, 0.2) is 5.65 Å². The Labute approximate surface area is 155 Å². The number of anilines is 1. The molecule has 1 atom stereocenters. The number of amides is 1. The summed E-state index contributed by atoms with van der Waals surface area (Å²) < 4.78 is 15.6. The molecule has 2 aliphatic heterocycles. The van der Waals surface area contributed by atoms with Gasteiger partial charge in [-0.1, -0.05) is 0 Å². The first kappa shape index (κ1) is 16.2. The second kappa shape index (κ2) is 6.29. The van der Waals surface area contributed by atoms with E-state index in [2.05, 4.69) is 20.3 Å². The number of nitrogens with one attached hydrogen (secondary N) is 1. The summed E-state index contributed by atoms with van der Waals surface area (Å²) in [5, 5.41) is 7.15. The highest BCUT2D eigenvalue weighted by Gasteiger charge is 2.30. The Balaban J connectivity index is 1.67. The lowest BCUT2D eigenvalue weighted by molar-refractivity contribution is 0.0954. The van der Waals surface area contributed by atoms with Crippen LogP contribution in [0.15, 0.2) is 30.7 Å². The molecule has 3 aromatic rings. The van der Waals surface area contributed by atoms with E-state index < -0.39 is 0 Å². The molecule has 5 rings (SSSR count). The van der Waals surface area contributed by atoms with Crippen LogP contribution in [0.25, 0.3) is 5.65 Å². The highest BCUT2D eigenvalue weighted by molar-refractivity contribution is 5.99. The van der Waals surface area contributed by atoms with E-state index >= 15 is 0 Å². The molecule has 8 heteroatoms. The maximum absolute atomic E-state index is 14.0. The molecule has 1 N–H and O–H groups in total. The predicted octanol–water partition coefficient (Wildman–Crippen LogP) is 2.28. The van der Waals surface area contributed by atoms with Crippen molar-refractivity contribution in [3.05, 3.63) is 53.4 Å². The Kier molecular flexibility index (Phi) is 3.77. The van der Waals surface area contributed by atoms with Gasteiger partial charge in [-0.15, -0.1) is 0 Å². The molecule has 138 valence electrons. The molecule has 7 nitrogen and oxygen atoms in total. The van der Waals surface area contributed by atoms with E-state index in [1.807, 2.05) is 12.3 Å². The molecule has 1 fully saturated rings. The average molecular weight is 366 g/mol. The minimum atomic E-state index is -0.320. The standard InChI is InChI=1S/C19H19FN6O/c20-12-9-13-15(22-10-12)3-1-6-21-19(27)14-11-23-26-8-5-17(24-18(14)26)25-7-2-4-16(13)25/h5,8-11,16H,1-4,6-7H2,(H,21,27)/t16-/m1/s1. The van der Waals surface area contributed by atoms with E-state index in [9.17, 15) is 9.18 Å². The lowest BCUT2D eigenvalue weighted by Crippen LogP contribution is -2.25. The van der Waals surface area contributed by atoms with Crippen LogP contribution in [0, 0.1) is 5.82 Å². The minimum Gasteiger partial charge on any atom is -0.352 e. The van der Waals surface area contributed by atoms with Gasteiger partial charge in [-0.25, -0.2) is 13.9 Å². The first-order chi connectivity index (χ1) is 13.2. The van der Waals surface area contributed by atoms with Gasteiger partial charge in [0.25, 0.3) is 5.91 Å². The molecule has 3 aromatic heterocycles. The molecule has 0 aromatic carbocycles.